The third kappa shape index (κ3) is 4.46. The molecule has 20 heavy (non-hydrogen) atoms. The monoisotopic (exact) mass is 281 g/mol. The molecule has 1 atom stereocenters. The normalized spacial score (nSPS) is 20.4. The fourth-order valence-electron chi connectivity index (χ4n) is 2.73. The molecular weight excluding hydrogens is 254 g/mol. The molecule has 0 aromatic carbocycles. The third-order valence-corrected chi connectivity index (χ3v) is 3.83. The van der Waals surface area contributed by atoms with Crippen molar-refractivity contribution in [3.8, 4) is 6.07 Å². The van der Waals surface area contributed by atoms with Crippen LogP contribution in [0.15, 0.2) is 0 Å². The quantitative estimate of drug-likeness (QED) is 0.769. The van der Waals surface area contributed by atoms with Gasteiger partial charge in [-0.1, -0.05) is 26.7 Å². The zero-order chi connectivity index (χ0) is 15.0. The van der Waals surface area contributed by atoms with Crippen LogP contribution in [0.2, 0.25) is 0 Å². The molecule has 1 aliphatic rings. The number of nitrogens with zero attached hydrogens (tertiary/aromatic N) is 2. The Morgan fingerprint density at radius 3 is 2.60 bits per heavy atom. The summed E-state index contributed by atoms with van der Waals surface area (Å²) >= 11 is 0. The Bertz CT molecular complexity index is 346. The van der Waals surface area contributed by atoms with Crippen LogP contribution in [0.3, 0.4) is 0 Å². The first-order valence-corrected chi connectivity index (χ1v) is 7.57. The highest BCUT2D eigenvalue weighted by Gasteiger charge is 2.37. The van der Waals surface area contributed by atoms with Crippen molar-refractivity contribution in [3.05, 3.63) is 0 Å². The number of ether oxygens (including phenoxy) is 1. The number of carbonyl (C=O) groups is 1. The van der Waals surface area contributed by atoms with Gasteiger partial charge in [-0.05, 0) is 19.9 Å². The van der Waals surface area contributed by atoms with Gasteiger partial charge >= 0.3 is 0 Å². The lowest BCUT2D eigenvalue weighted by molar-refractivity contribution is -0.130. The molecule has 0 bridgehead atoms. The van der Waals surface area contributed by atoms with Gasteiger partial charge in [0.2, 0.25) is 5.91 Å². The lowest BCUT2D eigenvalue weighted by Crippen LogP contribution is -2.49. The standard InChI is InChI=1S/C15H27N3O2/c1-4-6-15(12-16,7-5-2)14(19)17-10-13-11-18(3)8-9-20-13/h13H,4-11H2,1-3H3,(H,17,19). The summed E-state index contributed by atoms with van der Waals surface area (Å²) in [5.41, 5.74) is -0.871. The molecule has 1 heterocycles. The Hall–Kier alpha value is -1.12. The summed E-state index contributed by atoms with van der Waals surface area (Å²) in [7, 11) is 2.05. The van der Waals surface area contributed by atoms with Crippen LogP contribution in [0.5, 0.6) is 0 Å². The number of rotatable bonds is 7. The molecule has 0 aromatic heterocycles. The van der Waals surface area contributed by atoms with Gasteiger partial charge in [-0.3, -0.25) is 4.79 Å². The maximum atomic E-state index is 12.4. The van der Waals surface area contributed by atoms with Crippen LogP contribution in [-0.2, 0) is 9.53 Å². The predicted molar refractivity (Wildman–Crippen MR) is 78.1 cm³/mol. The average molecular weight is 281 g/mol. The van der Waals surface area contributed by atoms with E-state index in [0.717, 1.165) is 25.9 Å². The molecule has 0 radical (unpaired) electrons. The second-order valence-electron chi connectivity index (χ2n) is 5.66. The number of hydrogen-bond donors (Lipinski definition) is 1. The van der Waals surface area contributed by atoms with Crippen molar-refractivity contribution in [1.82, 2.24) is 10.2 Å². The van der Waals surface area contributed by atoms with Crippen LogP contribution in [0, 0.1) is 16.7 Å². The van der Waals surface area contributed by atoms with E-state index >= 15 is 0 Å². The van der Waals surface area contributed by atoms with Crippen LogP contribution in [0.25, 0.3) is 0 Å². The number of likely N-dealkylation sites (N-methyl/N-ethyl adjacent to an activating group) is 1. The van der Waals surface area contributed by atoms with E-state index in [-0.39, 0.29) is 12.0 Å². The van der Waals surface area contributed by atoms with E-state index in [0.29, 0.717) is 26.0 Å². The zero-order valence-corrected chi connectivity index (χ0v) is 12.9. The second kappa shape index (κ2) is 8.23. The minimum atomic E-state index is -0.871. The van der Waals surface area contributed by atoms with Crippen LogP contribution >= 0.6 is 0 Å². The van der Waals surface area contributed by atoms with Crippen molar-refractivity contribution in [2.75, 3.05) is 33.3 Å². The van der Waals surface area contributed by atoms with Crippen LogP contribution in [-0.4, -0.2) is 50.2 Å². The smallest absolute Gasteiger partial charge is 0.240 e. The van der Waals surface area contributed by atoms with E-state index < -0.39 is 5.41 Å². The number of hydrogen-bond acceptors (Lipinski definition) is 4. The fourth-order valence-corrected chi connectivity index (χ4v) is 2.73. The molecule has 5 heteroatoms. The van der Waals surface area contributed by atoms with Crippen molar-refractivity contribution >= 4 is 5.91 Å². The van der Waals surface area contributed by atoms with Gasteiger partial charge < -0.3 is 15.0 Å². The van der Waals surface area contributed by atoms with E-state index in [2.05, 4.69) is 16.3 Å². The number of carbonyl (C=O) groups excluding carboxylic acids is 1. The minimum absolute atomic E-state index is 0.0253. The molecule has 1 rings (SSSR count). The van der Waals surface area contributed by atoms with Crippen LogP contribution in [0.4, 0.5) is 0 Å². The maximum absolute atomic E-state index is 12.4. The van der Waals surface area contributed by atoms with Gasteiger partial charge in [0.1, 0.15) is 5.41 Å². The second-order valence-corrected chi connectivity index (χ2v) is 5.66. The molecule has 0 saturated carbocycles. The predicted octanol–water partition coefficient (Wildman–Crippen LogP) is 1.54. The molecule has 0 spiro atoms. The average Bonchev–Trinajstić information content (AvgIpc) is 2.44. The van der Waals surface area contributed by atoms with Gasteiger partial charge in [-0.15, -0.1) is 0 Å². The van der Waals surface area contributed by atoms with Gasteiger partial charge in [0.05, 0.1) is 18.8 Å². The number of nitriles is 1. The highest BCUT2D eigenvalue weighted by molar-refractivity contribution is 5.85. The molecule has 1 fully saturated rings. The van der Waals surface area contributed by atoms with Gasteiger partial charge in [0.15, 0.2) is 0 Å². The van der Waals surface area contributed by atoms with Gasteiger partial charge in [0, 0.05) is 19.6 Å². The lowest BCUT2D eigenvalue weighted by Gasteiger charge is -2.31. The zero-order valence-electron chi connectivity index (χ0n) is 12.9. The first-order valence-electron chi connectivity index (χ1n) is 7.57. The molecular formula is C15H27N3O2. The molecule has 1 unspecified atom stereocenters. The fraction of sp³-hybridized carbons (Fsp3) is 0.867. The molecule has 1 aliphatic heterocycles. The van der Waals surface area contributed by atoms with E-state index in [9.17, 15) is 10.1 Å². The maximum Gasteiger partial charge on any atom is 0.240 e. The van der Waals surface area contributed by atoms with Crippen molar-refractivity contribution in [1.29, 1.82) is 5.26 Å². The van der Waals surface area contributed by atoms with E-state index in [1.165, 1.54) is 0 Å². The molecule has 114 valence electrons. The van der Waals surface area contributed by atoms with Crippen molar-refractivity contribution < 1.29 is 9.53 Å². The Kier molecular flexibility index (Phi) is 6.97. The van der Waals surface area contributed by atoms with Gasteiger partial charge in [-0.2, -0.15) is 5.26 Å². The van der Waals surface area contributed by atoms with Crippen LogP contribution < -0.4 is 5.32 Å². The number of morpholine rings is 1. The molecule has 5 nitrogen and oxygen atoms in total. The minimum Gasteiger partial charge on any atom is -0.374 e. The summed E-state index contributed by atoms with van der Waals surface area (Å²) in [4.78, 5) is 14.6. The Morgan fingerprint density at radius 1 is 1.45 bits per heavy atom. The lowest BCUT2D eigenvalue weighted by atomic mass is 9.79. The van der Waals surface area contributed by atoms with E-state index in [1.54, 1.807) is 0 Å². The summed E-state index contributed by atoms with van der Waals surface area (Å²) in [6.45, 7) is 6.95. The first kappa shape index (κ1) is 16.9. The van der Waals surface area contributed by atoms with E-state index in [1.807, 2.05) is 20.9 Å². The third-order valence-electron chi connectivity index (χ3n) is 3.83. The Morgan fingerprint density at radius 2 is 2.10 bits per heavy atom. The summed E-state index contributed by atoms with van der Waals surface area (Å²) in [6, 6.07) is 2.25. The summed E-state index contributed by atoms with van der Waals surface area (Å²) in [5.74, 6) is -0.138. The SMILES string of the molecule is CCCC(C#N)(CCC)C(=O)NCC1CN(C)CCO1. The first-order chi connectivity index (χ1) is 9.57. The molecule has 1 N–H and O–H groups in total. The summed E-state index contributed by atoms with van der Waals surface area (Å²) in [5, 5.41) is 12.4. The van der Waals surface area contributed by atoms with E-state index in [4.69, 9.17) is 4.74 Å². The largest absolute Gasteiger partial charge is 0.374 e. The van der Waals surface area contributed by atoms with Crippen molar-refractivity contribution in [2.45, 2.75) is 45.6 Å². The van der Waals surface area contributed by atoms with Crippen LogP contribution in [0.1, 0.15) is 39.5 Å². The highest BCUT2D eigenvalue weighted by atomic mass is 16.5. The van der Waals surface area contributed by atoms with Gasteiger partial charge in [-0.25, -0.2) is 0 Å². The molecule has 1 saturated heterocycles. The van der Waals surface area contributed by atoms with Gasteiger partial charge in [0.25, 0.3) is 0 Å². The van der Waals surface area contributed by atoms with Crippen molar-refractivity contribution in [3.63, 3.8) is 0 Å². The summed E-state index contributed by atoms with van der Waals surface area (Å²) in [6.07, 6.45) is 2.94. The molecule has 0 aliphatic carbocycles. The van der Waals surface area contributed by atoms with Crippen molar-refractivity contribution in [2.24, 2.45) is 5.41 Å². The number of nitrogens with one attached hydrogen (secondary N) is 1. The number of amides is 1. The Labute approximate surface area is 122 Å². The Balaban J connectivity index is 2.55. The highest BCUT2D eigenvalue weighted by Crippen LogP contribution is 2.29. The molecule has 1 amide bonds. The topological polar surface area (TPSA) is 65.4 Å². The molecule has 0 aromatic rings. The summed E-state index contributed by atoms with van der Waals surface area (Å²) < 4.78 is 5.63.